The Hall–Kier alpha value is -2.78. The number of halogens is 1. The third-order valence-corrected chi connectivity index (χ3v) is 4.40. The summed E-state index contributed by atoms with van der Waals surface area (Å²) in [5, 5.41) is 0. The quantitative estimate of drug-likeness (QED) is 0.275. The van der Waals surface area contributed by atoms with Crippen molar-refractivity contribution < 1.29 is 4.79 Å². The summed E-state index contributed by atoms with van der Waals surface area (Å²) in [6.45, 7) is 2.05. The lowest BCUT2D eigenvalue weighted by Gasteiger charge is -1.99. The van der Waals surface area contributed by atoms with Gasteiger partial charge in [-0.2, -0.15) is 0 Å². The first-order valence-electron chi connectivity index (χ1n) is 8.29. The van der Waals surface area contributed by atoms with E-state index in [-0.39, 0.29) is 5.78 Å². The van der Waals surface area contributed by atoms with E-state index in [1.807, 2.05) is 66.7 Å². The zero-order valence-electron chi connectivity index (χ0n) is 14.4. The van der Waals surface area contributed by atoms with Gasteiger partial charge in [0.15, 0.2) is 5.78 Å². The van der Waals surface area contributed by atoms with E-state index >= 15 is 0 Å². The number of hydrogen-bond acceptors (Lipinski definition) is 2. The lowest BCUT2D eigenvalue weighted by atomic mass is 10.1. The van der Waals surface area contributed by atoms with Crippen molar-refractivity contribution in [1.82, 2.24) is 0 Å². The summed E-state index contributed by atoms with van der Waals surface area (Å²) < 4.78 is 1.01. The SMILES string of the molecule is Cc1ccc(C=Nc2cccc(C(=O)C=Cc3ccc(Br)cc3)c2)cc1. The molecule has 3 rings (SSSR count). The fourth-order valence-corrected chi connectivity index (χ4v) is 2.65. The van der Waals surface area contributed by atoms with E-state index in [2.05, 4.69) is 27.8 Å². The van der Waals surface area contributed by atoms with Crippen LogP contribution in [0, 0.1) is 6.92 Å². The van der Waals surface area contributed by atoms with Crippen molar-refractivity contribution in [3.8, 4) is 0 Å². The van der Waals surface area contributed by atoms with Gasteiger partial charge in [-0.3, -0.25) is 9.79 Å². The third-order valence-electron chi connectivity index (χ3n) is 3.87. The van der Waals surface area contributed by atoms with Crippen LogP contribution in [0.3, 0.4) is 0 Å². The molecule has 0 saturated carbocycles. The summed E-state index contributed by atoms with van der Waals surface area (Å²) >= 11 is 3.40. The van der Waals surface area contributed by atoms with Crippen molar-refractivity contribution >= 4 is 39.7 Å². The average Bonchev–Trinajstić information content (AvgIpc) is 2.67. The van der Waals surface area contributed by atoms with Gasteiger partial charge in [0.1, 0.15) is 0 Å². The zero-order valence-corrected chi connectivity index (χ0v) is 16.0. The second kappa shape index (κ2) is 8.54. The number of allylic oxidation sites excluding steroid dienone is 1. The average molecular weight is 404 g/mol. The minimum atomic E-state index is -0.0414. The molecule has 2 nitrogen and oxygen atoms in total. The van der Waals surface area contributed by atoms with E-state index in [9.17, 15) is 4.79 Å². The third kappa shape index (κ3) is 5.11. The Morgan fingerprint density at radius 3 is 2.35 bits per heavy atom. The molecule has 0 fully saturated rings. The van der Waals surface area contributed by atoms with Gasteiger partial charge in [0.05, 0.1) is 5.69 Å². The normalized spacial score (nSPS) is 11.3. The topological polar surface area (TPSA) is 29.4 Å². The number of carbonyl (C=O) groups is 1. The molecule has 0 unspecified atom stereocenters. The number of aliphatic imine (C=N–C) groups is 1. The van der Waals surface area contributed by atoms with E-state index in [1.54, 1.807) is 24.4 Å². The van der Waals surface area contributed by atoms with Gasteiger partial charge >= 0.3 is 0 Å². The molecule has 0 atom stereocenters. The van der Waals surface area contributed by atoms with Gasteiger partial charge in [-0.1, -0.05) is 76.1 Å². The molecule has 0 aliphatic rings. The van der Waals surface area contributed by atoms with Crippen LogP contribution in [0.5, 0.6) is 0 Å². The van der Waals surface area contributed by atoms with Crippen LogP contribution in [0.1, 0.15) is 27.0 Å². The highest BCUT2D eigenvalue weighted by Gasteiger charge is 2.02. The second-order valence-electron chi connectivity index (χ2n) is 5.97. The summed E-state index contributed by atoms with van der Waals surface area (Å²) in [5.74, 6) is -0.0414. The standard InChI is InChI=1S/C23H18BrNO/c1-17-5-7-19(8-6-17)16-25-22-4-2-3-20(15-22)23(26)14-11-18-9-12-21(24)13-10-18/h2-16H,1H3. The first-order valence-corrected chi connectivity index (χ1v) is 9.08. The number of carbonyl (C=O) groups excluding carboxylic acids is 1. The minimum Gasteiger partial charge on any atom is -0.289 e. The first-order chi connectivity index (χ1) is 12.6. The molecule has 3 heteroatoms. The van der Waals surface area contributed by atoms with E-state index < -0.39 is 0 Å². The molecule has 0 N–H and O–H groups in total. The van der Waals surface area contributed by atoms with E-state index in [1.165, 1.54) is 5.56 Å². The van der Waals surface area contributed by atoms with E-state index in [0.29, 0.717) is 5.56 Å². The van der Waals surface area contributed by atoms with Crippen LogP contribution in [0.2, 0.25) is 0 Å². The predicted molar refractivity (Wildman–Crippen MR) is 112 cm³/mol. The number of hydrogen-bond donors (Lipinski definition) is 0. The minimum absolute atomic E-state index is 0.0414. The molecule has 0 saturated heterocycles. The molecule has 26 heavy (non-hydrogen) atoms. The highest BCUT2D eigenvalue weighted by molar-refractivity contribution is 9.10. The fourth-order valence-electron chi connectivity index (χ4n) is 2.38. The monoisotopic (exact) mass is 403 g/mol. The number of aryl methyl sites for hydroxylation is 1. The molecule has 128 valence electrons. The molecule has 3 aromatic rings. The van der Waals surface area contributed by atoms with Crippen LogP contribution < -0.4 is 0 Å². The maximum atomic E-state index is 12.4. The lowest BCUT2D eigenvalue weighted by molar-refractivity contribution is 0.104. The molecular weight excluding hydrogens is 386 g/mol. The molecule has 0 bridgehead atoms. The molecule has 0 aliphatic heterocycles. The Balaban J connectivity index is 1.72. The van der Waals surface area contributed by atoms with Gasteiger partial charge in [0.25, 0.3) is 0 Å². The molecule has 0 radical (unpaired) electrons. The molecule has 3 aromatic carbocycles. The molecule has 0 spiro atoms. The van der Waals surface area contributed by atoms with Crippen LogP contribution in [0.4, 0.5) is 5.69 Å². The number of nitrogens with zero attached hydrogens (tertiary/aromatic N) is 1. The molecule has 0 aliphatic carbocycles. The summed E-state index contributed by atoms with van der Waals surface area (Å²) in [6.07, 6.45) is 5.21. The van der Waals surface area contributed by atoms with Crippen LogP contribution in [-0.2, 0) is 0 Å². The Kier molecular flexibility index (Phi) is 5.92. The highest BCUT2D eigenvalue weighted by atomic mass is 79.9. The maximum absolute atomic E-state index is 12.4. The van der Waals surface area contributed by atoms with Crippen molar-refractivity contribution in [2.75, 3.05) is 0 Å². The summed E-state index contributed by atoms with van der Waals surface area (Å²) in [5.41, 5.74) is 4.61. The van der Waals surface area contributed by atoms with E-state index in [0.717, 1.165) is 21.3 Å². The van der Waals surface area contributed by atoms with Crippen molar-refractivity contribution in [2.45, 2.75) is 6.92 Å². The number of benzene rings is 3. The summed E-state index contributed by atoms with van der Waals surface area (Å²) in [6, 6.07) is 23.3. The van der Waals surface area contributed by atoms with Crippen molar-refractivity contribution in [3.63, 3.8) is 0 Å². The van der Waals surface area contributed by atoms with Gasteiger partial charge in [-0.25, -0.2) is 0 Å². The molecule has 0 heterocycles. The second-order valence-corrected chi connectivity index (χ2v) is 6.88. The Morgan fingerprint density at radius 1 is 0.923 bits per heavy atom. The Labute approximate surface area is 162 Å². The van der Waals surface area contributed by atoms with Gasteiger partial charge < -0.3 is 0 Å². The van der Waals surface area contributed by atoms with Gasteiger partial charge in [0, 0.05) is 16.3 Å². The maximum Gasteiger partial charge on any atom is 0.185 e. The van der Waals surface area contributed by atoms with Crippen LogP contribution >= 0.6 is 15.9 Å². The number of ketones is 1. The van der Waals surface area contributed by atoms with Crippen molar-refractivity contribution in [1.29, 1.82) is 0 Å². The number of rotatable bonds is 5. The van der Waals surface area contributed by atoms with E-state index in [4.69, 9.17) is 0 Å². The first kappa shape index (κ1) is 18.0. The largest absolute Gasteiger partial charge is 0.289 e. The van der Waals surface area contributed by atoms with Gasteiger partial charge in [-0.15, -0.1) is 0 Å². The Morgan fingerprint density at radius 2 is 1.62 bits per heavy atom. The zero-order chi connectivity index (χ0) is 18.4. The summed E-state index contributed by atoms with van der Waals surface area (Å²) in [4.78, 5) is 16.9. The summed E-state index contributed by atoms with van der Waals surface area (Å²) in [7, 11) is 0. The molecule has 0 amide bonds. The van der Waals surface area contributed by atoms with Crippen molar-refractivity contribution in [2.24, 2.45) is 4.99 Å². The van der Waals surface area contributed by atoms with Gasteiger partial charge in [0.2, 0.25) is 0 Å². The van der Waals surface area contributed by atoms with Crippen LogP contribution in [0.15, 0.2) is 88.3 Å². The lowest BCUT2D eigenvalue weighted by Crippen LogP contribution is -1.93. The predicted octanol–water partition coefficient (Wildman–Crippen LogP) is 6.40. The van der Waals surface area contributed by atoms with Crippen LogP contribution in [0.25, 0.3) is 6.08 Å². The van der Waals surface area contributed by atoms with Crippen LogP contribution in [-0.4, -0.2) is 12.0 Å². The Bertz CT molecular complexity index is 954. The highest BCUT2D eigenvalue weighted by Crippen LogP contribution is 2.16. The smallest absolute Gasteiger partial charge is 0.185 e. The van der Waals surface area contributed by atoms with Crippen molar-refractivity contribution in [3.05, 3.63) is 106 Å². The molecular formula is C23H18BrNO. The molecule has 0 aromatic heterocycles. The van der Waals surface area contributed by atoms with Gasteiger partial charge in [-0.05, 0) is 48.4 Å². The fraction of sp³-hybridized carbons (Fsp3) is 0.0435.